The number of aromatic nitrogens is 1. The molecule has 0 aliphatic rings. The number of carbonyl (C=O) groups is 1. The Morgan fingerprint density at radius 1 is 1.03 bits per heavy atom. The van der Waals surface area contributed by atoms with Crippen LogP contribution < -0.4 is 14.8 Å². The Bertz CT molecular complexity index is 1300. The molecule has 0 aliphatic carbocycles. The monoisotopic (exact) mass is 446 g/mol. The Kier molecular flexibility index (Phi) is 6.28. The lowest BCUT2D eigenvalue weighted by atomic mass is 10.1. The normalized spacial score (nSPS) is 10.8. The zero-order valence-electron chi connectivity index (χ0n) is 18.1. The fourth-order valence-corrected chi connectivity index (χ4v) is 3.71. The molecule has 0 spiro atoms. The summed E-state index contributed by atoms with van der Waals surface area (Å²) in [6, 6.07) is 20.4. The van der Waals surface area contributed by atoms with Crippen LogP contribution in [0.15, 0.2) is 66.7 Å². The predicted molar refractivity (Wildman–Crippen MR) is 129 cm³/mol. The average molecular weight is 447 g/mol. The zero-order valence-corrected chi connectivity index (χ0v) is 18.9. The lowest BCUT2D eigenvalue weighted by molar-refractivity contribution is 0.102. The molecule has 0 radical (unpaired) electrons. The average Bonchev–Trinajstić information content (AvgIpc) is 2.79. The van der Waals surface area contributed by atoms with E-state index in [-0.39, 0.29) is 5.91 Å². The number of pyridine rings is 1. The zero-order chi connectivity index (χ0) is 22.7. The number of halogens is 1. The van der Waals surface area contributed by atoms with Crippen molar-refractivity contribution in [3.8, 4) is 22.8 Å². The summed E-state index contributed by atoms with van der Waals surface area (Å²) in [5.74, 6) is 1.03. The van der Waals surface area contributed by atoms with Crippen molar-refractivity contribution in [3.63, 3.8) is 0 Å². The minimum Gasteiger partial charge on any atom is -0.495 e. The van der Waals surface area contributed by atoms with Crippen molar-refractivity contribution in [3.05, 3.63) is 82.9 Å². The molecule has 4 rings (SSSR count). The highest BCUT2D eigenvalue weighted by molar-refractivity contribution is 6.30. The quantitative estimate of drug-likeness (QED) is 0.366. The minimum atomic E-state index is -0.239. The smallest absolute Gasteiger partial charge is 0.255 e. The van der Waals surface area contributed by atoms with Crippen LogP contribution in [-0.4, -0.2) is 24.6 Å². The van der Waals surface area contributed by atoms with Crippen LogP contribution in [0.5, 0.6) is 11.5 Å². The first-order chi connectivity index (χ1) is 15.5. The van der Waals surface area contributed by atoms with Gasteiger partial charge in [-0.3, -0.25) is 4.79 Å². The Balaban J connectivity index is 1.73. The third kappa shape index (κ3) is 4.53. The number of amides is 1. The van der Waals surface area contributed by atoms with E-state index in [1.807, 2.05) is 68.4 Å². The second-order valence-electron chi connectivity index (χ2n) is 7.34. The second-order valence-corrected chi connectivity index (χ2v) is 7.78. The number of aryl methyl sites for hydroxylation is 1. The first-order valence-electron chi connectivity index (χ1n) is 10.3. The maximum atomic E-state index is 13.0. The SMILES string of the molecule is CCOc1cc(-c2cccc(Cl)c2)nc2ccc(C(=O)Nc3cc(C)ccc3OC)cc12. The summed E-state index contributed by atoms with van der Waals surface area (Å²) in [7, 11) is 1.58. The van der Waals surface area contributed by atoms with Gasteiger partial charge in [-0.15, -0.1) is 0 Å². The maximum absolute atomic E-state index is 13.0. The summed E-state index contributed by atoms with van der Waals surface area (Å²) in [4.78, 5) is 17.8. The van der Waals surface area contributed by atoms with E-state index in [1.165, 1.54) is 0 Å². The van der Waals surface area contributed by atoms with Crippen LogP contribution in [-0.2, 0) is 0 Å². The molecule has 1 N–H and O–H groups in total. The molecule has 1 amide bonds. The van der Waals surface area contributed by atoms with E-state index in [9.17, 15) is 4.79 Å². The number of fused-ring (bicyclic) bond motifs is 1. The third-order valence-electron chi connectivity index (χ3n) is 5.06. The molecule has 0 saturated heterocycles. The van der Waals surface area contributed by atoms with E-state index < -0.39 is 0 Å². The van der Waals surface area contributed by atoms with Crippen molar-refractivity contribution >= 4 is 34.1 Å². The lowest BCUT2D eigenvalue weighted by Gasteiger charge is -2.13. The summed E-state index contributed by atoms with van der Waals surface area (Å²) in [6.45, 7) is 4.37. The van der Waals surface area contributed by atoms with Crippen LogP contribution >= 0.6 is 11.6 Å². The summed E-state index contributed by atoms with van der Waals surface area (Å²) in [5.41, 5.74) is 4.53. The Morgan fingerprint density at radius 3 is 2.62 bits per heavy atom. The summed E-state index contributed by atoms with van der Waals surface area (Å²) < 4.78 is 11.3. The van der Waals surface area contributed by atoms with Crippen molar-refractivity contribution in [1.82, 2.24) is 4.98 Å². The van der Waals surface area contributed by atoms with Gasteiger partial charge < -0.3 is 14.8 Å². The number of hydrogen-bond acceptors (Lipinski definition) is 4. The first-order valence-corrected chi connectivity index (χ1v) is 10.7. The standard InChI is InChI=1S/C26H23ClN2O3/c1-4-32-25-15-22(17-6-5-7-19(27)13-17)28-21-10-9-18(14-20(21)25)26(30)29-23-12-16(2)8-11-24(23)31-3/h5-15H,4H2,1-3H3,(H,29,30). The van der Waals surface area contributed by atoms with Crippen molar-refractivity contribution in [2.75, 3.05) is 19.0 Å². The van der Waals surface area contributed by atoms with E-state index >= 15 is 0 Å². The Morgan fingerprint density at radius 2 is 1.88 bits per heavy atom. The highest BCUT2D eigenvalue weighted by atomic mass is 35.5. The number of benzene rings is 3. The number of nitrogens with zero attached hydrogens (tertiary/aromatic N) is 1. The van der Waals surface area contributed by atoms with Crippen molar-refractivity contribution in [1.29, 1.82) is 0 Å². The number of methoxy groups -OCH3 is 1. The number of hydrogen-bond donors (Lipinski definition) is 1. The van der Waals surface area contributed by atoms with Crippen LogP contribution in [0.1, 0.15) is 22.8 Å². The molecule has 5 nitrogen and oxygen atoms in total. The topological polar surface area (TPSA) is 60.5 Å². The molecule has 162 valence electrons. The van der Waals surface area contributed by atoms with E-state index in [0.717, 1.165) is 27.7 Å². The van der Waals surface area contributed by atoms with Gasteiger partial charge in [0, 0.05) is 27.6 Å². The molecule has 4 aromatic rings. The van der Waals surface area contributed by atoms with Crippen LogP contribution in [0.2, 0.25) is 5.02 Å². The number of anilines is 1. The highest BCUT2D eigenvalue weighted by Crippen LogP contribution is 2.32. The number of rotatable bonds is 6. The molecule has 1 heterocycles. The third-order valence-corrected chi connectivity index (χ3v) is 5.29. The van der Waals surface area contributed by atoms with Crippen LogP contribution in [0, 0.1) is 6.92 Å². The molecule has 0 unspecified atom stereocenters. The van der Waals surface area contributed by atoms with Gasteiger partial charge >= 0.3 is 0 Å². The summed E-state index contributed by atoms with van der Waals surface area (Å²) in [6.07, 6.45) is 0. The molecule has 0 aliphatic heterocycles. The Hall–Kier alpha value is -3.57. The number of nitrogens with one attached hydrogen (secondary N) is 1. The maximum Gasteiger partial charge on any atom is 0.255 e. The van der Waals surface area contributed by atoms with Gasteiger partial charge in [-0.25, -0.2) is 4.98 Å². The largest absolute Gasteiger partial charge is 0.495 e. The van der Waals surface area contributed by atoms with Gasteiger partial charge in [-0.2, -0.15) is 0 Å². The molecule has 0 fully saturated rings. The van der Waals surface area contributed by atoms with Gasteiger partial charge in [0.1, 0.15) is 11.5 Å². The molecule has 0 bridgehead atoms. The Labute approximate surface area is 192 Å². The fourth-order valence-electron chi connectivity index (χ4n) is 3.52. The first kappa shape index (κ1) is 21.7. The molecule has 3 aromatic carbocycles. The minimum absolute atomic E-state index is 0.239. The van der Waals surface area contributed by atoms with E-state index in [2.05, 4.69) is 5.32 Å². The number of ether oxygens (including phenoxy) is 2. The number of carbonyl (C=O) groups excluding carboxylic acids is 1. The molecular weight excluding hydrogens is 424 g/mol. The van der Waals surface area contributed by atoms with Crippen LogP contribution in [0.3, 0.4) is 0 Å². The van der Waals surface area contributed by atoms with E-state index in [0.29, 0.717) is 34.4 Å². The van der Waals surface area contributed by atoms with Crippen molar-refractivity contribution in [2.45, 2.75) is 13.8 Å². The molecule has 1 aromatic heterocycles. The van der Waals surface area contributed by atoms with Gasteiger partial charge in [0.2, 0.25) is 0 Å². The highest BCUT2D eigenvalue weighted by Gasteiger charge is 2.14. The van der Waals surface area contributed by atoms with Crippen molar-refractivity contribution < 1.29 is 14.3 Å². The summed E-state index contributed by atoms with van der Waals surface area (Å²) >= 11 is 6.15. The van der Waals surface area contributed by atoms with Gasteiger partial charge in [0.05, 0.1) is 30.6 Å². The van der Waals surface area contributed by atoms with E-state index in [4.69, 9.17) is 26.1 Å². The van der Waals surface area contributed by atoms with Gasteiger partial charge in [0.15, 0.2) is 0 Å². The predicted octanol–water partition coefficient (Wildman–Crippen LogP) is 6.52. The van der Waals surface area contributed by atoms with Gasteiger partial charge in [-0.1, -0.05) is 29.8 Å². The van der Waals surface area contributed by atoms with E-state index in [1.54, 1.807) is 19.2 Å². The molecule has 6 heteroatoms. The molecule has 0 atom stereocenters. The fraction of sp³-hybridized carbons (Fsp3) is 0.154. The van der Waals surface area contributed by atoms with Gasteiger partial charge in [0.25, 0.3) is 5.91 Å². The lowest BCUT2D eigenvalue weighted by Crippen LogP contribution is -2.13. The van der Waals surface area contributed by atoms with Crippen LogP contribution in [0.25, 0.3) is 22.2 Å². The van der Waals surface area contributed by atoms with Crippen molar-refractivity contribution in [2.24, 2.45) is 0 Å². The second kappa shape index (κ2) is 9.28. The molecule has 32 heavy (non-hydrogen) atoms. The van der Waals surface area contributed by atoms with Gasteiger partial charge in [-0.05, 0) is 61.9 Å². The molecular formula is C26H23ClN2O3. The molecule has 0 saturated carbocycles. The van der Waals surface area contributed by atoms with Crippen LogP contribution in [0.4, 0.5) is 5.69 Å². The summed E-state index contributed by atoms with van der Waals surface area (Å²) in [5, 5.41) is 4.34.